The van der Waals surface area contributed by atoms with Gasteiger partial charge >= 0.3 is 5.97 Å². The quantitative estimate of drug-likeness (QED) is 0.597. The van der Waals surface area contributed by atoms with Gasteiger partial charge in [0.15, 0.2) is 0 Å². The molecule has 2 aromatic carbocycles. The minimum absolute atomic E-state index is 0.141. The van der Waals surface area contributed by atoms with Crippen molar-refractivity contribution in [1.29, 1.82) is 0 Å². The van der Waals surface area contributed by atoms with E-state index >= 15 is 0 Å². The number of benzene rings is 2. The van der Waals surface area contributed by atoms with Crippen LogP contribution < -0.4 is 9.64 Å². The van der Waals surface area contributed by atoms with Gasteiger partial charge in [0.2, 0.25) is 0 Å². The van der Waals surface area contributed by atoms with Crippen LogP contribution in [0.1, 0.15) is 24.8 Å². The van der Waals surface area contributed by atoms with Crippen molar-refractivity contribution < 1.29 is 19.4 Å². The summed E-state index contributed by atoms with van der Waals surface area (Å²) in [5.74, 6) is 1.52. The van der Waals surface area contributed by atoms with Crippen molar-refractivity contribution in [3.8, 4) is 11.5 Å². The van der Waals surface area contributed by atoms with Gasteiger partial charge in [0, 0.05) is 57.3 Å². The number of hydrogen-bond acceptors (Lipinski definition) is 7. The molecule has 0 spiro atoms. The van der Waals surface area contributed by atoms with Gasteiger partial charge in [-0.15, -0.1) is 0 Å². The number of ether oxygens (including phenoxy) is 2. The van der Waals surface area contributed by atoms with Crippen LogP contribution in [0.15, 0.2) is 48.5 Å². The number of aromatic hydroxyl groups is 1. The standard InChI is InChI=1S/C27H37N3O4/c1-33-26-10-6-4-8-24(26)30-17-15-29(16-18-30)23-13-14-28(19-21(23)11-12-27(32)34-2)20-22-7-3-5-9-25(22)31/h3-10,21,23,31H,11-20H2,1-2H3/t21-,23+/m0/s1. The number of phenols is 1. The molecule has 0 saturated carbocycles. The normalized spacial score (nSPS) is 21.9. The molecule has 1 N–H and O–H groups in total. The van der Waals surface area contributed by atoms with E-state index in [1.807, 2.05) is 30.3 Å². The van der Waals surface area contributed by atoms with Gasteiger partial charge in [0.1, 0.15) is 11.5 Å². The SMILES string of the molecule is COC(=O)CC[C@H]1CN(Cc2ccccc2O)CC[C@H]1N1CCN(c2ccccc2OC)CC1. The number of hydrogen-bond donors (Lipinski definition) is 1. The van der Waals surface area contributed by atoms with E-state index in [-0.39, 0.29) is 5.97 Å². The molecular weight excluding hydrogens is 430 g/mol. The van der Waals surface area contributed by atoms with Gasteiger partial charge in [0.25, 0.3) is 0 Å². The van der Waals surface area contributed by atoms with Crippen LogP contribution >= 0.6 is 0 Å². The zero-order valence-electron chi connectivity index (χ0n) is 20.4. The van der Waals surface area contributed by atoms with Gasteiger partial charge in [0.05, 0.1) is 19.9 Å². The molecule has 34 heavy (non-hydrogen) atoms. The van der Waals surface area contributed by atoms with Crippen LogP contribution in [0.4, 0.5) is 5.69 Å². The van der Waals surface area contributed by atoms with Crippen molar-refractivity contribution in [2.75, 3.05) is 58.4 Å². The van der Waals surface area contributed by atoms with Crippen molar-refractivity contribution in [1.82, 2.24) is 9.80 Å². The van der Waals surface area contributed by atoms with Crippen LogP contribution in [-0.4, -0.2) is 80.4 Å². The van der Waals surface area contributed by atoms with Crippen molar-refractivity contribution in [2.24, 2.45) is 5.92 Å². The number of carbonyl (C=O) groups is 1. The minimum Gasteiger partial charge on any atom is -0.508 e. The molecule has 2 fully saturated rings. The lowest BCUT2D eigenvalue weighted by Crippen LogP contribution is -2.56. The number of anilines is 1. The molecule has 2 aromatic rings. The molecule has 7 nitrogen and oxygen atoms in total. The molecule has 0 unspecified atom stereocenters. The third-order valence-corrected chi connectivity index (χ3v) is 7.32. The summed E-state index contributed by atoms with van der Waals surface area (Å²) in [6.45, 7) is 6.55. The number of piperazine rings is 1. The van der Waals surface area contributed by atoms with Crippen molar-refractivity contribution in [3.63, 3.8) is 0 Å². The maximum Gasteiger partial charge on any atom is 0.305 e. The minimum atomic E-state index is -0.141. The Balaban J connectivity index is 1.40. The summed E-state index contributed by atoms with van der Waals surface area (Å²) in [6.07, 6.45) is 2.33. The summed E-state index contributed by atoms with van der Waals surface area (Å²) in [6, 6.07) is 16.2. The Morgan fingerprint density at radius 2 is 1.74 bits per heavy atom. The van der Waals surface area contributed by atoms with Crippen LogP contribution in [0.2, 0.25) is 0 Å². The van der Waals surface area contributed by atoms with Gasteiger partial charge in [-0.2, -0.15) is 0 Å². The van der Waals surface area contributed by atoms with E-state index in [2.05, 4.69) is 26.8 Å². The van der Waals surface area contributed by atoms with Crippen LogP contribution in [0.5, 0.6) is 11.5 Å². The fourth-order valence-corrected chi connectivity index (χ4v) is 5.48. The lowest BCUT2D eigenvalue weighted by Gasteiger charge is -2.47. The van der Waals surface area contributed by atoms with Crippen molar-refractivity contribution in [2.45, 2.75) is 31.8 Å². The number of phenolic OH excluding ortho intramolecular Hbond substituents is 1. The Morgan fingerprint density at radius 3 is 2.47 bits per heavy atom. The smallest absolute Gasteiger partial charge is 0.305 e. The summed E-state index contributed by atoms with van der Waals surface area (Å²) < 4.78 is 10.5. The maximum absolute atomic E-state index is 11.9. The van der Waals surface area contributed by atoms with Gasteiger partial charge in [-0.3, -0.25) is 14.6 Å². The number of para-hydroxylation sites is 3. The van der Waals surface area contributed by atoms with Crippen LogP contribution in [0, 0.1) is 5.92 Å². The van der Waals surface area contributed by atoms with Crippen molar-refractivity contribution in [3.05, 3.63) is 54.1 Å². The highest BCUT2D eigenvalue weighted by atomic mass is 16.5. The van der Waals surface area contributed by atoms with E-state index in [0.29, 0.717) is 24.1 Å². The Labute approximate surface area is 202 Å². The predicted molar refractivity (Wildman–Crippen MR) is 133 cm³/mol. The highest BCUT2D eigenvalue weighted by molar-refractivity contribution is 5.69. The van der Waals surface area contributed by atoms with E-state index in [4.69, 9.17) is 9.47 Å². The first-order valence-electron chi connectivity index (χ1n) is 12.3. The summed E-state index contributed by atoms with van der Waals surface area (Å²) in [5.41, 5.74) is 2.11. The van der Waals surface area contributed by atoms with Crippen LogP contribution in [-0.2, 0) is 16.1 Å². The van der Waals surface area contributed by atoms with Gasteiger partial charge < -0.3 is 19.5 Å². The van der Waals surface area contributed by atoms with E-state index < -0.39 is 0 Å². The summed E-state index contributed by atoms with van der Waals surface area (Å²) in [5, 5.41) is 10.2. The molecule has 4 rings (SSSR count). The second-order valence-electron chi connectivity index (χ2n) is 9.29. The molecular formula is C27H37N3O4. The molecule has 2 aliphatic rings. The Kier molecular flexibility index (Phi) is 8.29. The highest BCUT2D eigenvalue weighted by Gasteiger charge is 2.35. The molecule has 0 amide bonds. The number of likely N-dealkylation sites (tertiary alicyclic amines) is 1. The first-order valence-corrected chi connectivity index (χ1v) is 12.3. The van der Waals surface area contributed by atoms with Crippen LogP contribution in [0.3, 0.4) is 0 Å². The highest BCUT2D eigenvalue weighted by Crippen LogP contribution is 2.32. The Hall–Kier alpha value is -2.77. The summed E-state index contributed by atoms with van der Waals surface area (Å²) in [4.78, 5) is 19.4. The third kappa shape index (κ3) is 5.83. The number of piperidine rings is 1. The monoisotopic (exact) mass is 467 g/mol. The maximum atomic E-state index is 11.9. The summed E-state index contributed by atoms with van der Waals surface area (Å²) >= 11 is 0. The molecule has 0 radical (unpaired) electrons. The largest absolute Gasteiger partial charge is 0.508 e. The van der Waals surface area contributed by atoms with Gasteiger partial charge in [-0.25, -0.2) is 0 Å². The number of rotatable bonds is 8. The molecule has 2 atom stereocenters. The van der Waals surface area contributed by atoms with Crippen LogP contribution in [0.25, 0.3) is 0 Å². The number of nitrogens with zero attached hydrogens (tertiary/aromatic N) is 3. The van der Waals surface area contributed by atoms with E-state index in [1.54, 1.807) is 13.2 Å². The zero-order chi connectivity index (χ0) is 23.9. The third-order valence-electron chi connectivity index (χ3n) is 7.32. The van der Waals surface area contributed by atoms with Crippen molar-refractivity contribution >= 4 is 11.7 Å². The molecule has 2 saturated heterocycles. The fourth-order valence-electron chi connectivity index (χ4n) is 5.48. The molecule has 2 heterocycles. The Morgan fingerprint density at radius 1 is 1.00 bits per heavy atom. The van der Waals surface area contributed by atoms with E-state index in [9.17, 15) is 9.90 Å². The average molecular weight is 468 g/mol. The Bertz CT molecular complexity index is 945. The predicted octanol–water partition coefficient (Wildman–Crippen LogP) is 3.37. The zero-order valence-corrected chi connectivity index (χ0v) is 20.4. The second-order valence-corrected chi connectivity index (χ2v) is 9.29. The van der Waals surface area contributed by atoms with E-state index in [0.717, 1.165) is 75.7 Å². The van der Waals surface area contributed by atoms with E-state index in [1.165, 1.54) is 7.11 Å². The lowest BCUT2D eigenvalue weighted by atomic mass is 9.86. The fraction of sp³-hybridized carbons (Fsp3) is 0.519. The number of carbonyl (C=O) groups excluding carboxylic acids is 1. The first kappa shape index (κ1) is 24.4. The average Bonchev–Trinajstić information content (AvgIpc) is 2.89. The van der Waals surface area contributed by atoms with Gasteiger partial charge in [-0.05, 0) is 43.5 Å². The van der Waals surface area contributed by atoms with Gasteiger partial charge in [-0.1, -0.05) is 30.3 Å². The lowest BCUT2D eigenvalue weighted by molar-refractivity contribution is -0.141. The molecule has 184 valence electrons. The molecule has 2 aliphatic heterocycles. The number of esters is 1. The first-order chi connectivity index (χ1) is 16.6. The molecule has 0 bridgehead atoms. The summed E-state index contributed by atoms with van der Waals surface area (Å²) in [7, 11) is 3.19. The number of methoxy groups -OCH3 is 2. The molecule has 0 aliphatic carbocycles. The molecule has 0 aromatic heterocycles. The second kappa shape index (κ2) is 11.6. The molecule has 7 heteroatoms. The topological polar surface area (TPSA) is 65.5 Å².